The first-order chi connectivity index (χ1) is 16.0. The molecule has 0 bridgehead atoms. The average Bonchev–Trinajstić information content (AvgIpc) is 2.79. The van der Waals surface area contributed by atoms with Crippen molar-refractivity contribution in [2.75, 3.05) is 20.0 Å². The van der Waals surface area contributed by atoms with Crippen molar-refractivity contribution in [2.45, 2.75) is 64.3 Å². The fraction of sp³-hybridized carbons (Fsp3) is 0.583. The maximum absolute atomic E-state index is 13.0. The van der Waals surface area contributed by atoms with Crippen LogP contribution in [0.1, 0.15) is 46.1 Å². The second-order valence-corrected chi connectivity index (χ2v) is 9.73. The molecular formula is C24H36N2O7S. The molecule has 10 heteroatoms. The van der Waals surface area contributed by atoms with Crippen molar-refractivity contribution in [3.05, 3.63) is 23.8 Å². The van der Waals surface area contributed by atoms with E-state index in [1.54, 1.807) is 32.0 Å². The number of rotatable bonds is 15. The molecule has 3 atom stereocenters. The molecule has 0 saturated heterocycles. The van der Waals surface area contributed by atoms with Crippen LogP contribution in [0.25, 0.3) is 0 Å². The molecule has 9 nitrogen and oxygen atoms in total. The summed E-state index contributed by atoms with van der Waals surface area (Å²) in [7, 11) is 3.01. The number of carboxylic acids is 1. The van der Waals surface area contributed by atoms with Gasteiger partial charge in [0.25, 0.3) is 0 Å². The Balaban J connectivity index is 2.92. The lowest BCUT2D eigenvalue weighted by molar-refractivity contribution is -0.140. The number of nitrogens with one attached hydrogen (secondary N) is 2. The number of Topliss-reactive ketones (excluding diaryl/α,β-unsaturated/α-hetero) is 1. The predicted octanol–water partition coefficient (Wildman–Crippen LogP) is 2.45. The van der Waals surface area contributed by atoms with E-state index in [1.165, 1.54) is 26.0 Å². The predicted molar refractivity (Wildman–Crippen MR) is 131 cm³/mol. The van der Waals surface area contributed by atoms with Crippen LogP contribution in [0.4, 0.5) is 0 Å². The second kappa shape index (κ2) is 14.5. The Morgan fingerprint density at radius 1 is 1.06 bits per heavy atom. The molecule has 0 aliphatic heterocycles. The van der Waals surface area contributed by atoms with Gasteiger partial charge in [0.15, 0.2) is 5.78 Å². The number of amides is 2. The van der Waals surface area contributed by atoms with Crippen LogP contribution in [0.2, 0.25) is 0 Å². The lowest BCUT2D eigenvalue weighted by Crippen LogP contribution is -2.54. The number of hydrogen-bond acceptors (Lipinski definition) is 7. The van der Waals surface area contributed by atoms with E-state index in [9.17, 15) is 24.3 Å². The molecule has 1 rings (SSSR count). The molecule has 0 spiro atoms. The number of ketones is 1. The van der Waals surface area contributed by atoms with Crippen LogP contribution in [0.15, 0.2) is 18.2 Å². The van der Waals surface area contributed by atoms with E-state index >= 15 is 0 Å². The quantitative estimate of drug-likeness (QED) is 0.337. The van der Waals surface area contributed by atoms with Gasteiger partial charge in [0.1, 0.15) is 17.5 Å². The van der Waals surface area contributed by atoms with Crippen molar-refractivity contribution < 1.29 is 33.8 Å². The Morgan fingerprint density at radius 3 is 2.26 bits per heavy atom. The zero-order valence-corrected chi connectivity index (χ0v) is 21.5. The number of hydrogen-bond donors (Lipinski definition) is 3. The van der Waals surface area contributed by atoms with Crippen molar-refractivity contribution in [3.63, 3.8) is 0 Å². The van der Waals surface area contributed by atoms with Gasteiger partial charge in [0.2, 0.25) is 11.8 Å². The zero-order chi connectivity index (χ0) is 25.8. The SMILES string of the molecule is CCC(C)SCC(=O)C(CC(=O)O)NC(=O)[C@@H](NC(=O)Cc1cc(OC)ccc1OC)C(C)C. The van der Waals surface area contributed by atoms with Gasteiger partial charge >= 0.3 is 5.97 Å². The van der Waals surface area contributed by atoms with E-state index in [2.05, 4.69) is 10.6 Å². The second-order valence-electron chi connectivity index (χ2n) is 8.30. The van der Waals surface area contributed by atoms with E-state index in [0.29, 0.717) is 17.1 Å². The molecule has 190 valence electrons. The molecule has 0 radical (unpaired) electrons. The van der Waals surface area contributed by atoms with Crippen LogP contribution in [0, 0.1) is 5.92 Å². The summed E-state index contributed by atoms with van der Waals surface area (Å²) in [5.74, 6) is -1.71. The fourth-order valence-electron chi connectivity index (χ4n) is 3.08. The molecule has 2 amide bonds. The molecule has 2 unspecified atom stereocenters. The Kier molecular flexibility index (Phi) is 12.5. The third-order valence-corrected chi connectivity index (χ3v) is 6.63. The molecule has 0 aliphatic carbocycles. The van der Waals surface area contributed by atoms with Crippen LogP contribution < -0.4 is 20.1 Å². The molecule has 1 aromatic rings. The van der Waals surface area contributed by atoms with E-state index in [-0.39, 0.29) is 29.1 Å². The van der Waals surface area contributed by atoms with Crippen LogP contribution in [-0.2, 0) is 25.6 Å². The van der Waals surface area contributed by atoms with E-state index in [0.717, 1.165) is 6.42 Å². The van der Waals surface area contributed by atoms with Gasteiger partial charge in [0.05, 0.1) is 38.9 Å². The third-order valence-electron chi connectivity index (χ3n) is 5.27. The maximum atomic E-state index is 13.0. The van der Waals surface area contributed by atoms with Crippen molar-refractivity contribution >= 4 is 35.3 Å². The largest absolute Gasteiger partial charge is 0.497 e. The summed E-state index contributed by atoms with van der Waals surface area (Å²) in [6.07, 6.45) is 0.290. The number of benzene rings is 1. The topological polar surface area (TPSA) is 131 Å². The third kappa shape index (κ3) is 9.62. The molecule has 0 heterocycles. The minimum absolute atomic E-state index is 0.0557. The van der Waals surface area contributed by atoms with Gasteiger partial charge < -0.3 is 25.2 Å². The molecule has 0 fully saturated rings. The zero-order valence-electron chi connectivity index (χ0n) is 20.7. The Morgan fingerprint density at radius 2 is 1.74 bits per heavy atom. The number of carboxylic acid groups (broad SMARTS) is 1. The molecule has 34 heavy (non-hydrogen) atoms. The Labute approximate surface area is 205 Å². The number of ether oxygens (including phenoxy) is 2. The summed E-state index contributed by atoms with van der Waals surface area (Å²) in [5, 5.41) is 14.7. The first-order valence-electron chi connectivity index (χ1n) is 11.2. The summed E-state index contributed by atoms with van der Waals surface area (Å²) in [6, 6.07) is 2.96. The molecule has 0 saturated carbocycles. The van der Waals surface area contributed by atoms with Gasteiger partial charge in [-0.15, -0.1) is 0 Å². The smallest absolute Gasteiger partial charge is 0.305 e. The Hall–Kier alpha value is -2.75. The monoisotopic (exact) mass is 496 g/mol. The standard InChI is InChI=1S/C24H36N2O7S/c1-7-15(4)34-13-19(27)18(12-22(29)30)25-24(31)23(14(2)3)26-21(28)11-16-10-17(32-5)8-9-20(16)33-6/h8-10,14-15,18,23H,7,11-13H2,1-6H3,(H,25,31)(H,26,28)(H,29,30)/t15?,18?,23-/m0/s1. The molecule has 0 aliphatic rings. The number of aliphatic carboxylic acids is 1. The Bertz CT molecular complexity index is 860. The summed E-state index contributed by atoms with van der Waals surface area (Å²) in [6.45, 7) is 7.48. The van der Waals surface area contributed by atoms with Crippen LogP contribution in [0.3, 0.4) is 0 Å². The van der Waals surface area contributed by atoms with Gasteiger partial charge in [-0.3, -0.25) is 19.2 Å². The van der Waals surface area contributed by atoms with Crippen LogP contribution in [0.5, 0.6) is 11.5 Å². The molecular weight excluding hydrogens is 460 g/mol. The van der Waals surface area contributed by atoms with Gasteiger partial charge in [0, 0.05) is 10.8 Å². The lowest BCUT2D eigenvalue weighted by Gasteiger charge is -2.25. The molecule has 3 N–H and O–H groups in total. The highest BCUT2D eigenvalue weighted by Gasteiger charge is 2.30. The van der Waals surface area contributed by atoms with Gasteiger partial charge in [-0.05, 0) is 30.5 Å². The fourth-order valence-corrected chi connectivity index (χ4v) is 3.96. The highest BCUT2D eigenvalue weighted by Crippen LogP contribution is 2.24. The summed E-state index contributed by atoms with van der Waals surface area (Å²) < 4.78 is 10.5. The van der Waals surface area contributed by atoms with E-state index in [1.807, 2.05) is 13.8 Å². The number of thioether (sulfide) groups is 1. The lowest BCUT2D eigenvalue weighted by atomic mass is 10.0. The highest BCUT2D eigenvalue weighted by molar-refractivity contribution is 8.00. The van der Waals surface area contributed by atoms with Gasteiger partial charge in [-0.2, -0.15) is 11.8 Å². The van der Waals surface area contributed by atoms with Crippen molar-refractivity contribution in [2.24, 2.45) is 5.92 Å². The van der Waals surface area contributed by atoms with E-state index < -0.39 is 36.3 Å². The van der Waals surface area contributed by atoms with Gasteiger partial charge in [-0.1, -0.05) is 27.7 Å². The summed E-state index contributed by atoms with van der Waals surface area (Å²) in [5.41, 5.74) is 0.586. The van der Waals surface area contributed by atoms with Crippen molar-refractivity contribution in [1.29, 1.82) is 0 Å². The van der Waals surface area contributed by atoms with Crippen molar-refractivity contribution in [1.82, 2.24) is 10.6 Å². The average molecular weight is 497 g/mol. The molecule has 0 aromatic heterocycles. The number of methoxy groups -OCH3 is 2. The van der Waals surface area contributed by atoms with Crippen molar-refractivity contribution in [3.8, 4) is 11.5 Å². The molecule has 1 aromatic carbocycles. The number of carbonyl (C=O) groups is 4. The normalized spacial score (nSPS) is 13.5. The van der Waals surface area contributed by atoms with Crippen LogP contribution >= 0.6 is 11.8 Å². The van der Waals surface area contributed by atoms with Crippen LogP contribution in [-0.4, -0.2) is 66.0 Å². The summed E-state index contributed by atoms with van der Waals surface area (Å²) >= 11 is 1.41. The first kappa shape index (κ1) is 29.3. The van der Waals surface area contributed by atoms with E-state index in [4.69, 9.17) is 9.47 Å². The minimum atomic E-state index is -1.19. The first-order valence-corrected chi connectivity index (χ1v) is 12.2. The minimum Gasteiger partial charge on any atom is -0.497 e. The maximum Gasteiger partial charge on any atom is 0.305 e. The number of carbonyl (C=O) groups excluding carboxylic acids is 3. The summed E-state index contributed by atoms with van der Waals surface area (Å²) in [4.78, 5) is 49.6. The highest BCUT2D eigenvalue weighted by atomic mass is 32.2. The van der Waals surface area contributed by atoms with Gasteiger partial charge in [-0.25, -0.2) is 0 Å².